The molecule has 0 heterocycles. The molecule has 0 aliphatic heterocycles. The molecular formula is C8H12N2O. The lowest BCUT2D eigenvalue weighted by atomic mass is 10.0. The van der Waals surface area contributed by atoms with Crippen molar-refractivity contribution in [1.82, 2.24) is 0 Å². The minimum Gasteiger partial charge on any atom is -0.365 e. The van der Waals surface area contributed by atoms with Crippen molar-refractivity contribution in [2.45, 2.75) is 26.7 Å². The quantitative estimate of drug-likeness (QED) is 0.486. The summed E-state index contributed by atoms with van der Waals surface area (Å²) >= 11 is 0. The maximum absolute atomic E-state index is 10.6. The van der Waals surface area contributed by atoms with Gasteiger partial charge in [-0.1, -0.05) is 13.8 Å². The Morgan fingerprint density at radius 3 is 2.00 bits per heavy atom. The molecule has 1 amide bonds. The molecule has 0 saturated carbocycles. The molecule has 0 aliphatic rings. The van der Waals surface area contributed by atoms with Gasteiger partial charge in [-0.2, -0.15) is 5.26 Å². The first-order valence-electron chi connectivity index (χ1n) is 3.59. The van der Waals surface area contributed by atoms with Gasteiger partial charge in [-0.25, -0.2) is 0 Å². The second kappa shape index (κ2) is 4.51. The van der Waals surface area contributed by atoms with E-state index in [4.69, 9.17) is 11.0 Å². The largest absolute Gasteiger partial charge is 0.365 e. The Morgan fingerprint density at radius 1 is 1.45 bits per heavy atom. The van der Waals surface area contributed by atoms with Crippen LogP contribution in [0.15, 0.2) is 11.1 Å². The zero-order chi connectivity index (χ0) is 8.85. The van der Waals surface area contributed by atoms with Gasteiger partial charge in [-0.05, 0) is 18.4 Å². The number of hydrogen-bond acceptors (Lipinski definition) is 2. The van der Waals surface area contributed by atoms with E-state index in [2.05, 4.69) is 0 Å². The zero-order valence-electron chi connectivity index (χ0n) is 6.85. The molecule has 2 N–H and O–H groups in total. The summed E-state index contributed by atoms with van der Waals surface area (Å²) in [6.07, 6.45) is 1.42. The molecule has 3 nitrogen and oxygen atoms in total. The predicted octanol–water partition coefficient (Wildman–Crippen LogP) is 1.11. The fourth-order valence-electron chi connectivity index (χ4n) is 0.912. The number of amides is 1. The first kappa shape index (κ1) is 9.70. The van der Waals surface area contributed by atoms with Crippen molar-refractivity contribution in [3.63, 3.8) is 0 Å². The van der Waals surface area contributed by atoms with Crippen LogP contribution in [0, 0.1) is 11.3 Å². The van der Waals surface area contributed by atoms with Crippen molar-refractivity contribution < 1.29 is 4.79 Å². The molecule has 0 aromatic heterocycles. The maximum atomic E-state index is 10.6. The summed E-state index contributed by atoms with van der Waals surface area (Å²) in [4.78, 5) is 10.6. The summed E-state index contributed by atoms with van der Waals surface area (Å²) in [6, 6.07) is 1.81. The summed E-state index contributed by atoms with van der Waals surface area (Å²) in [6.45, 7) is 3.80. The number of carbonyl (C=O) groups is 1. The van der Waals surface area contributed by atoms with Gasteiger partial charge in [-0.3, -0.25) is 4.79 Å². The van der Waals surface area contributed by atoms with Crippen LogP contribution in [0.5, 0.6) is 0 Å². The van der Waals surface area contributed by atoms with E-state index in [0.717, 1.165) is 5.57 Å². The molecular weight excluding hydrogens is 140 g/mol. The minimum atomic E-state index is -0.619. The van der Waals surface area contributed by atoms with Crippen molar-refractivity contribution in [1.29, 1.82) is 5.26 Å². The first-order valence-corrected chi connectivity index (χ1v) is 3.59. The lowest BCUT2D eigenvalue weighted by molar-refractivity contribution is -0.114. The van der Waals surface area contributed by atoms with Gasteiger partial charge in [0.2, 0.25) is 0 Å². The highest BCUT2D eigenvalue weighted by atomic mass is 16.1. The second-order valence-corrected chi connectivity index (χ2v) is 2.16. The number of rotatable bonds is 3. The minimum absolute atomic E-state index is 0.120. The summed E-state index contributed by atoms with van der Waals surface area (Å²) < 4.78 is 0. The molecule has 0 atom stereocenters. The van der Waals surface area contributed by atoms with E-state index in [0.29, 0.717) is 12.8 Å². The highest BCUT2D eigenvalue weighted by molar-refractivity contribution is 5.96. The van der Waals surface area contributed by atoms with Crippen LogP contribution in [0.4, 0.5) is 0 Å². The van der Waals surface area contributed by atoms with Crippen LogP contribution in [0.25, 0.3) is 0 Å². The molecule has 0 rings (SSSR count). The molecule has 11 heavy (non-hydrogen) atoms. The van der Waals surface area contributed by atoms with Crippen LogP contribution in [0.3, 0.4) is 0 Å². The van der Waals surface area contributed by atoms with Crippen molar-refractivity contribution in [3.8, 4) is 6.07 Å². The topological polar surface area (TPSA) is 66.9 Å². The van der Waals surface area contributed by atoms with Gasteiger partial charge in [-0.15, -0.1) is 0 Å². The third-order valence-corrected chi connectivity index (χ3v) is 1.57. The maximum Gasteiger partial charge on any atom is 0.259 e. The lowest BCUT2D eigenvalue weighted by Crippen LogP contribution is -2.14. The Labute approximate surface area is 66.5 Å². The molecule has 0 spiro atoms. The highest BCUT2D eigenvalue weighted by Crippen LogP contribution is 2.11. The van der Waals surface area contributed by atoms with E-state index < -0.39 is 5.91 Å². The Kier molecular flexibility index (Phi) is 3.97. The number of carbonyl (C=O) groups excluding carboxylic acids is 1. The van der Waals surface area contributed by atoms with E-state index in [9.17, 15) is 4.79 Å². The smallest absolute Gasteiger partial charge is 0.259 e. The monoisotopic (exact) mass is 152 g/mol. The molecule has 0 unspecified atom stereocenters. The molecule has 0 aromatic rings. The number of allylic oxidation sites excluding steroid dienone is 1. The fraction of sp³-hybridized carbons (Fsp3) is 0.500. The van der Waals surface area contributed by atoms with Crippen molar-refractivity contribution >= 4 is 5.91 Å². The molecule has 3 heteroatoms. The molecule has 60 valence electrons. The predicted molar refractivity (Wildman–Crippen MR) is 42.4 cm³/mol. The van der Waals surface area contributed by atoms with Gasteiger partial charge in [0.15, 0.2) is 0 Å². The zero-order valence-corrected chi connectivity index (χ0v) is 6.85. The van der Waals surface area contributed by atoms with Crippen LogP contribution >= 0.6 is 0 Å². The van der Waals surface area contributed by atoms with Crippen LogP contribution in [-0.4, -0.2) is 5.91 Å². The standard InChI is InChI=1S/C8H12N2O/c1-3-6(4-2)7(5-9)8(10)11/h3-4H2,1-2H3,(H2,10,11). The van der Waals surface area contributed by atoms with Crippen molar-refractivity contribution in [2.24, 2.45) is 5.73 Å². The SMILES string of the molecule is CCC(CC)=C(C#N)C(N)=O. The first-order chi connectivity index (χ1) is 5.17. The molecule has 0 bridgehead atoms. The van der Waals surface area contributed by atoms with E-state index >= 15 is 0 Å². The second-order valence-electron chi connectivity index (χ2n) is 2.16. The molecule has 0 fully saturated rings. The number of nitrogens with zero attached hydrogens (tertiary/aromatic N) is 1. The fourth-order valence-corrected chi connectivity index (χ4v) is 0.912. The normalized spacial score (nSPS) is 8.45. The van der Waals surface area contributed by atoms with E-state index in [1.807, 2.05) is 19.9 Å². The van der Waals surface area contributed by atoms with Gasteiger partial charge in [0.05, 0.1) is 0 Å². The van der Waals surface area contributed by atoms with Gasteiger partial charge < -0.3 is 5.73 Å². The van der Waals surface area contributed by atoms with Gasteiger partial charge in [0.1, 0.15) is 11.6 Å². The number of primary amides is 1. The van der Waals surface area contributed by atoms with Crippen molar-refractivity contribution in [2.75, 3.05) is 0 Å². The van der Waals surface area contributed by atoms with E-state index in [1.165, 1.54) is 0 Å². The Morgan fingerprint density at radius 2 is 1.91 bits per heavy atom. The molecule has 0 saturated heterocycles. The summed E-state index contributed by atoms with van der Waals surface area (Å²) in [5.74, 6) is -0.619. The third-order valence-electron chi connectivity index (χ3n) is 1.57. The van der Waals surface area contributed by atoms with Gasteiger partial charge in [0.25, 0.3) is 5.91 Å². The number of hydrogen-bond donors (Lipinski definition) is 1. The number of nitriles is 1. The summed E-state index contributed by atoms with van der Waals surface area (Å²) in [5, 5.41) is 8.52. The van der Waals surface area contributed by atoms with E-state index in [-0.39, 0.29) is 5.57 Å². The third kappa shape index (κ3) is 2.42. The van der Waals surface area contributed by atoms with E-state index in [1.54, 1.807) is 0 Å². The molecule has 0 aromatic carbocycles. The van der Waals surface area contributed by atoms with Crippen molar-refractivity contribution in [3.05, 3.63) is 11.1 Å². The lowest BCUT2D eigenvalue weighted by Gasteiger charge is -2.00. The van der Waals surface area contributed by atoms with Crippen LogP contribution in [0.2, 0.25) is 0 Å². The average molecular weight is 152 g/mol. The number of nitrogens with two attached hydrogens (primary N) is 1. The van der Waals surface area contributed by atoms with Crippen LogP contribution in [-0.2, 0) is 4.79 Å². The Bertz CT molecular complexity index is 217. The Balaban J connectivity index is 4.82. The van der Waals surface area contributed by atoms with Gasteiger partial charge >= 0.3 is 0 Å². The summed E-state index contributed by atoms with van der Waals surface area (Å²) in [5.41, 5.74) is 5.93. The molecule has 0 radical (unpaired) electrons. The van der Waals surface area contributed by atoms with Gasteiger partial charge in [0, 0.05) is 0 Å². The van der Waals surface area contributed by atoms with Crippen LogP contribution in [0.1, 0.15) is 26.7 Å². The van der Waals surface area contributed by atoms with Crippen LogP contribution < -0.4 is 5.73 Å². The summed E-state index contributed by atoms with van der Waals surface area (Å²) in [7, 11) is 0. The Hall–Kier alpha value is -1.30. The molecule has 0 aliphatic carbocycles. The highest BCUT2D eigenvalue weighted by Gasteiger charge is 2.07. The average Bonchev–Trinajstić information content (AvgIpc) is 1.99.